The van der Waals surface area contributed by atoms with Gasteiger partial charge in [0.2, 0.25) is 4.77 Å². The lowest BCUT2D eigenvalue weighted by molar-refractivity contribution is 0.244. The summed E-state index contributed by atoms with van der Waals surface area (Å²) >= 11 is 7.31. The van der Waals surface area contributed by atoms with Gasteiger partial charge in [-0.15, -0.1) is 11.8 Å². The minimum atomic E-state index is 0.656. The Morgan fingerprint density at radius 1 is 1.08 bits per heavy atom. The van der Waals surface area contributed by atoms with E-state index in [-0.39, 0.29) is 0 Å². The van der Waals surface area contributed by atoms with Gasteiger partial charge < -0.3 is 0 Å². The van der Waals surface area contributed by atoms with Gasteiger partial charge in [0, 0.05) is 17.1 Å². The molecule has 0 aliphatic rings. The van der Waals surface area contributed by atoms with Crippen molar-refractivity contribution < 1.29 is 0 Å². The van der Waals surface area contributed by atoms with Gasteiger partial charge in [0.15, 0.2) is 0 Å². The maximum atomic E-state index is 5.56. The first-order valence-electron chi connectivity index (χ1n) is 7.69. The Morgan fingerprint density at radius 2 is 1.79 bits per heavy atom. The minimum absolute atomic E-state index is 0.656. The van der Waals surface area contributed by atoms with Crippen LogP contribution in [0.5, 0.6) is 0 Å². The second kappa shape index (κ2) is 7.79. The summed E-state index contributed by atoms with van der Waals surface area (Å²) in [7, 11) is 2.08. The Hall–Kier alpha value is -1.89. The Bertz CT molecular complexity index is 837. The van der Waals surface area contributed by atoms with E-state index >= 15 is 0 Å². The van der Waals surface area contributed by atoms with Gasteiger partial charge in [-0.1, -0.05) is 30.3 Å². The molecule has 3 aromatic rings. The van der Waals surface area contributed by atoms with E-state index in [0.717, 1.165) is 12.2 Å². The molecule has 0 saturated carbocycles. The van der Waals surface area contributed by atoms with E-state index in [4.69, 9.17) is 12.2 Å². The van der Waals surface area contributed by atoms with Crippen LogP contribution in [0, 0.1) is 4.77 Å². The quantitative estimate of drug-likeness (QED) is 0.488. The molecule has 0 aliphatic carbocycles. The summed E-state index contributed by atoms with van der Waals surface area (Å²) in [5, 5.41) is 4.43. The zero-order valence-corrected chi connectivity index (χ0v) is 15.4. The van der Waals surface area contributed by atoms with Gasteiger partial charge in [0.25, 0.3) is 0 Å². The van der Waals surface area contributed by atoms with Gasteiger partial charge in [0.05, 0.1) is 6.67 Å². The lowest BCUT2D eigenvalue weighted by Crippen LogP contribution is -2.22. The number of rotatable bonds is 6. The molecular formula is C18H20N4S2. The predicted octanol–water partition coefficient (Wildman–Crippen LogP) is 4.21. The fourth-order valence-corrected chi connectivity index (χ4v) is 3.19. The van der Waals surface area contributed by atoms with Crippen molar-refractivity contribution in [2.75, 3.05) is 13.3 Å². The summed E-state index contributed by atoms with van der Waals surface area (Å²) in [4.78, 5) is 3.48. The van der Waals surface area contributed by atoms with E-state index in [2.05, 4.69) is 47.6 Å². The average molecular weight is 357 g/mol. The molecule has 24 heavy (non-hydrogen) atoms. The van der Waals surface area contributed by atoms with E-state index < -0.39 is 0 Å². The number of benzene rings is 2. The first-order chi connectivity index (χ1) is 11.7. The molecule has 4 nitrogen and oxygen atoms in total. The van der Waals surface area contributed by atoms with Crippen LogP contribution < -0.4 is 0 Å². The summed E-state index contributed by atoms with van der Waals surface area (Å²) in [6, 6.07) is 18.7. The molecule has 0 spiro atoms. The van der Waals surface area contributed by atoms with Crippen LogP contribution in [-0.2, 0) is 13.2 Å². The van der Waals surface area contributed by atoms with Gasteiger partial charge in [-0.3, -0.25) is 9.47 Å². The van der Waals surface area contributed by atoms with Crippen molar-refractivity contribution in [3.8, 4) is 5.69 Å². The third kappa shape index (κ3) is 3.95. The zero-order valence-electron chi connectivity index (χ0n) is 13.8. The van der Waals surface area contributed by atoms with Crippen molar-refractivity contribution in [1.82, 2.24) is 19.2 Å². The summed E-state index contributed by atoms with van der Waals surface area (Å²) in [5.74, 6) is 0. The maximum Gasteiger partial charge on any atom is 0.203 e. The summed E-state index contributed by atoms with van der Waals surface area (Å²) < 4.78 is 4.47. The molecule has 0 atom stereocenters. The normalized spacial score (nSPS) is 11.1. The molecule has 0 amide bonds. The van der Waals surface area contributed by atoms with E-state index in [0.29, 0.717) is 11.4 Å². The number of para-hydroxylation sites is 1. The van der Waals surface area contributed by atoms with Crippen molar-refractivity contribution in [2.45, 2.75) is 18.1 Å². The second-order valence-electron chi connectivity index (χ2n) is 5.62. The zero-order chi connectivity index (χ0) is 16.9. The van der Waals surface area contributed by atoms with Crippen molar-refractivity contribution in [2.24, 2.45) is 0 Å². The Balaban J connectivity index is 1.69. The maximum absolute atomic E-state index is 5.56. The number of hydrogen-bond donors (Lipinski definition) is 0. The second-order valence-corrected chi connectivity index (χ2v) is 6.87. The highest BCUT2D eigenvalue weighted by Gasteiger charge is 2.07. The van der Waals surface area contributed by atoms with Gasteiger partial charge in [-0.25, -0.2) is 4.68 Å². The molecule has 1 heterocycles. The van der Waals surface area contributed by atoms with Crippen molar-refractivity contribution >= 4 is 24.0 Å². The Morgan fingerprint density at radius 3 is 2.46 bits per heavy atom. The molecule has 1 aromatic heterocycles. The standard InChI is InChI=1S/C18H20N4S2/c1-20(12-15-8-10-17(24-2)11-9-15)14-22-18(23)21(13-19-22)16-6-4-3-5-7-16/h3-11,13H,12,14H2,1-2H3. The van der Waals surface area contributed by atoms with Crippen LogP contribution in [0.1, 0.15) is 5.56 Å². The predicted molar refractivity (Wildman–Crippen MR) is 102 cm³/mol. The SMILES string of the molecule is CSc1ccc(CN(C)Cn2ncn(-c3ccccc3)c2=S)cc1. The first-order valence-corrected chi connectivity index (χ1v) is 9.32. The Labute approximate surface area is 151 Å². The molecule has 124 valence electrons. The molecule has 6 heteroatoms. The number of thioether (sulfide) groups is 1. The minimum Gasteiger partial charge on any atom is -0.283 e. The number of nitrogens with zero attached hydrogens (tertiary/aromatic N) is 4. The van der Waals surface area contributed by atoms with E-state index in [1.165, 1.54) is 10.5 Å². The largest absolute Gasteiger partial charge is 0.283 e. The molecule has 0 radical (unpaired) electrons. The van der Waals surface area contributed by atoms with E-state index in [1.807, 2.05) is 39.6 Å². The monoisotopic (exact) mass is 356 g/mol. The van der Waals surface area contributed by atoms with Gasteiger partial charge in [0.1, 0.15) is 6.33 Å². The Kier molecular flexibility index (Phi) is 5.50. The third-order valence-corrected chi connectivity index (χ3v) is 4.91. The molecule has 2 aromatic carbocycles. The highest BCUT2D eigenvalue weighted by molar-refractivity contribution is 7.98. The van der Waals surface area contributed by atoms with Crippen molar-refractivity contribution in [3.63, 3.8) is 0 Å². The average Bonchev–Trinajstić information content (AvgIpc) is 2.97. The number of aromatic nitrogens is 3. The molecule has 0 fully saturated rings. The summed E-state index contributed by atoms with van der Waals surface area (Å²) in [6.45, 7) is 1.51. The summed E-state index contributed by atoms with van der Waals surface area (Å²) in [6.07, 6.45) is 3.87. The van der Waals surface area contributed by atoms with Gasteiger partial charge >= 0.3 is 0 Å². The molecule has 0 unspecified atom stereocenters. The fraction of sp³-hybridized carbons (Fsp3) is 0.222. The van der Waals surface area contributed by atoms with Crippen molar-refractivity contribution in [1.29, 1.82) is 0 Å². The highest BCUT2D eigenvalue weighted by Crippen LogP contribution is 2.16. The number of hydrogen-bond acceptors (Lipinski definition) is 4. The summed E-state index contributed by atoms with van der Waals surface area (Å²) in [5.41, 5.74) is 2.31. The lowest BCUT2D eigenvalue weighted by Gasteiger charge is -2.16. The third-order valence-electron chi connectivity index (χ3n) is 3.75. The first kappa shape index (κ1) is 17.0. The van der Waals surface area contributed by atoms with Gasteiger partial charge in [-0.05, 0) is 55.4 Å². The smallest absolute Gasteiger partial charge is 0.203 e. The lowest BCUT2D eigenvalue weighted by atomic mass is 10.2. The van der Waals surface area contributed by atoms with Crippen molar-refractivity contribution in [3.05, 3.63) is 71.3 Å². The van der Waals surface area contributed by atoms with E-state index in [9.17, 15) is 0 Å². The molecule has 0 bridgehead atoms. The highest BCUT2D eigenvalue weighted by atomic mass is 32.2. The topological polar surface area (TPSA) is 26.0 Å². The molecule has 0 saturated heterocycles. The van der Waals surface area contributed by atoms with Gasteiger partial charge in [-0.2, -0.15) is 5.10 Å². The molecule has 0 N–H and O–H groups in total. The van der Waals surface area contributed by atoms with Crippen LogP contribution in [-0.4, -0.2) is 32.6 Å². The van der Waals surface area contributed by atoms with Crippen LogP contribution in [0.25, 0.3) is 5.69 Å². The molecular weight excluding hydrogens is 336 g/mol. The van der Waals surface area contributed by atoms with Crippen LogP contribution in [0.4, 0.5) is 0 Å². The van der Waals surface area contributed by atoms with Crippen LogP contribution in [0.3, 0.4) is 0 Å². The van der Waals surface area contributed by atoms with E-state index in [1.54, 1.807) is 18.1 Å². The van der Waals surface area contributed by atoms with Crippen LogP contribution >= 0.6 is 24.0 Å². The fourth-order valence-electron chi connectivity index (χ4n) is 2.52. The van der Waals surface area contributed by atoms with Crippen LogP contribution in [0.2, 0.25) is 0 Å². The molecule has 0 aliphatic heterocycles. The van der Waals surface area contributed by atoms with Crippen LogP contribution in [0.15, 0.2) is 65.8 Å². The molecule has 3 rings (SSSR count).